The standard InChI is InChI=1S/C17H21NO2S/c1-18(17(19)10-9-16-4-3-13-21-16)12-11-14-5-7-15(20-2)8-6-14/h3-8,13H,9-12H2,1-2H3. The van der Waals surface area contributed by atoms with Crippen molar-refractivity contribution >= 4 is 17.2 Å². The van der Waals surface area contributed by atoms with E-state index in [1.807, 2.05) is 47.7 Å². The molecule has 3 nitrogen and oxygen atoms in total. The van der Waals surface area contributed by atoms with Gasteiger partial charge in [-0.15, -0.1) is 11.3 Å². The van der Waals surface area contributed by atoms with E-state index in [1.165, 1.54) is 10.4 Å². The third-order valence-electron chi connectivity index (χ3n) is 3.49. The first-order valence-corrected chi connectivity index (χ1v) is 7.96. The number of methoxy groups -OCH3 is 1. The Morgan fingerprint density at radius 1 is 1.19 bits per heavy atom. The van der Waals surface area contributed by atoms with Crippen LogP contribution in [-0.2, 0) is 17.6 Å². The monoisotopic (exact) mass is 303 g/mol. The molecule has 0 unspecified atom stereocenters. The van der Waals surface area contributed by atoms with Gasteiger partial charge in [-0.3, -0.25) is 4.79 Å². The van der Waals surface area contributed by atoms with Crippen LogP contribution in [0, 0.1) is 0 Å². The third kappa shape index (κ3) is 4.90. The maximum absolute atomic E-state index is 12.1. The number of benzene rings is 1. The molecule has 0 aliphatic heterocycles. The zero-order valence-electron chi connectivity index (χ0n) is 12.5. The Kier molecular flexibility index (Phi) is 5.81. The molecule has 2 rings (SSSR count). The molecule has 2 aromatic rings. The molecule has 1 amide bonds. The third-order valence-corrected chi connectivity index (χ3v) is 4.42. The predicted molar refractivity (Wildman–Crippen MR) is 87.0 cm³/mol. The van der Waals surface area contributed by atoms with Gasteiger partial charge in [-0.2, -0.15) is 0 Å². The summed E-state index contributed by atoms with van der Waals surface area (Å²) in [5, 5.41) is 2.05. The van der Waals surface area contributed by atoms with Crippen molar-refractivity contribution in [1.82, 2.24) is 4.90 Å². The molecule has 0 bridgehead atoms. The van der Waals surface area contributed by atoms with E-state index in [1.54, 1.807) is 18.4 Å². The molecule has 112 valence electrons. The minimum atomic E-state index is 0.205. The number of nitrogens with zero attached hydrogens (tertiary/aromatic N) is 1. The van der Waals surface area contributed by atoms with Gasteiger partial charge in [0.1, 0.15) is 5.75 Å². The smallest absolute Gasteiger partial charge is 0.222 e. The maximum atomic E-state index is 12.1. The van der Waals surface area contributed by atoms with Crippen LogP contribution in [-0.4, -0.2) is 31.5 Å². The van der Waals surface area contributed by atoms with Gasteiger partial charge < -0.3 is 9.64 Å². The van der Waals surface area contributed by atoms with E-state index in [2.05, 4.69) is 6.07 Å². The minimum absolute atomic E-state index is 0.205. The number of likely N-dealkylation sites (N-methyl/N-ethyl adjacent to an activating group) is 1. The summed E-state index contributed by atoms with van der Waals surface area (Å²) in [4.78, 5) is 15.2. The minimum Gasteiger partial charge on any atom is -0.497 e. The summed E-state index contributed by atoms with van der Waals surface area (Å²) in [6, 6.07) is 12.1. The van der Waals surface area contributed by atoms with E-state index in [0.29, 0.717) is 6.42 Å². The Morgan fingerprint density at radius 2 is 1.95 bits per heavy atom. The van der Waals surface area contributed by atoms with Crippen molar-refractivity contribution in [3.63, 3.8) is 0 Å². The van der Waals surface area contributed by atoms with Crippen LogP contribution in [0.25, 0.3) is 0 Å². The zero-order valence-corrected chi connectivity index (χ0v) is 13.4. The Hall–Kier alpha value is -1.81. The number of carbonyl (C=O) groups is 1. The molecule has 0 aliphatic carbocycles. The summed E-state index contributed by atoms with van der Waals surface area (Å²) < 4.78 is 5.14. The highest BCUT2D eigenvalue weighted by Gasteiger charge is 2.09. The second-order valence-corrected chi connectivity index (χ2v) is 6.02. The largest absolute Gasteiger partial charge is 0.497 e. The molecule has 1 aromatic heterocycles. The Balaban J connectivity index is 1.74. The molecule has 0 N–H and O–H groups in total. The number of thiophene rings is 1. The van der Waals surface area contributed by atoms with E-state index in [0.717, 1.165) is 25.1 Å². The van der Waals surface area contributed by atoms with Crippen LogP contribution in [0.1, 0.15) is 16.9 Å². The highest BCUT2D eigenvalue weighted by atomic mass is 32.1. The van der Waals surface area contributed by atoms with Crippen LogP contribution in [0.5, 0.6) is 5.75 Å². The van der Waals surface area contributed by atoms with Crippen molar-refractivity contribution in [2.24, 2.45) is 0 Å². The number of aryl methyl sites for hydroxylation is 1. The summed E-state index contributed by atoms with van der Waals surface area (Å²) in [5.41, 5.74) is 1.22. The van der Waals surface area contributed by atoms with E-state index in [9.17, 15) is 4.79 Å². The number of amides is 1. The van der Waals surface area contributed by atoms with Gasteiger partial charge in [-0.25, -0.2) is 0 Å². The number of hydrogen-bond acceptors (Lipinski definition) is 3. The fourth-order valence-electron chi connectivity index (χ4n) is 2.09. The first-order valence-electron chi connectivity index (χ1n) is 7.08. The lowest BCUT2D eigenvalue weighted by atomic mass is 10.1. The van der Waals surface area contributed by atoms with Crippen LogP contribution >= 0.6 is 11.3 Å². The van der Waals surface area contributed by atoms with E-state index < -0.39 is 0 Å². The van der Waals surface area contributed by atoms with Gasteiger partial charge in [0.05, 0.1) is 7.11 Å². The maximum Gasteiger partial charge on any atom is 0.222 e. The van der Waals surface area contributed by atoms with E-state index >= 15 is 0 Å². The van der Waals surface area contributed by atoms with Gasteiger partial charge in [-0.1, -0.05) is 18.2 Å². The average molecular weight is 303 g/mol. The molecule has 1 aromatic carbocycles. The van der Waals surface area contributed by atoms with Crippen LogP contribution < -0.4 is 4.74 Å². The Bertz CT molecular complexity index is 549. The van der Waals surface area contributed by atoms with Gasteiger partial charge in [-0.05, 0) is 42.0 Å². The first kappa shape index (κ1) is 15.6. The highest BCUT2D eigenvalue weighted by molar-refractivity contribution is 7.09. The second-order valence-electron chi connectivity index (χ2n) is 4.99. The topological polar surface area (TPSA) is 29.5 Å². The molecule has 0 radical (unpaired) electrons. The van der Waals surface area contributed by atoms with Crippen LogP contribution in [0.2, 0.25) is 0 Å². The summed E-state index contributed by atoms with van der Waals surface area (Å²) in [6.07, 6.45) is 2.29. The molecule has 0 saturated carbocycles. The predicted octanol–water partition coefficient (Wildman–Crippen LogP) is 3.39. The van der Waals surface area contributed by atoms with Gasteiger partial charge in [0.25, 0.3) is 0 Å². The van der Waals surface area contributed by atoms with E-state index in [-0.39, 0.29) is 5.91 Å². The lowest BCUT2D eigenvalue weighted by Gasteiger charge is -2.17. The van der Waals surface area contributed by atoms with Crippen molar-refractivity contribution in [2.45, 2.75) is 19.3 Å². The SMILES string of the molecule is COc1ccc(CCN(C)C(=O)CCc2cccs2)cc1. The van der Waals surface area contributed by atoms with Crippen molar-refractivity contribution in [2.75, 3.05) is 20.7 Å². The van der Waals surface area contributed by atoms with Crippen molar-refractivity contribution < 1.29 is 9.53 Å². The molecule has 0 fully saturated rings. The van der Waals surface area contributed by atoms with Gasteiger partial charge in [0.2, 0.25) is 5.91 Å². The molecule has 21 heavy (non-hydrogen) atoms. The zero-order chi connectivity index (χ0) is 15.1. The molecule has 0 saturated heterocycles. The summed E-state index contributed by atoms with van der Waals surface area (Å²) >= 11 is 1.71. The van der Waals surface area contributed by atoms with Crippen LogP contribution in [0.15, 0.2) is 41.8 Å². The highest BCUT2D eigenvalue weighted by Crippen LogP contribution is 2.13. The second kappa shape index (κ2) is 7.84. The molecule has 0 spiro atoms. The molecule has 0 atom stereocenters. The van der Waals surface area contributed by atoms with Crippen LogP contribution in [0.3, 0.4) is 0 Å². The molecule has 0 aliphatic rings. The van der Waals surface area contributed by atoms with Crippen molar-refractivity contribution in [1.29, 1.82) is 0 Å². The summed E-state index contributed by atoms with van der Waals surface area (Å²) in [7, 11) is 3.54. The molecular formula is C17H21NO2S. The van der Waals surface area contributed by atoms with Crippen molar-refractivity contribution in [3.05, 3.63) is 52.2 Å². The Labute approximate surface area is 130 Å². The lowest BCUT2D eigenvalue weighted by molar-refractivity contribution is -0.129. The quantitative estimate of drug-likeness (QED) is 0.784. The first-order chi connectivity index (χ1) is 10.2. The number of hydrogen-bond donors (Lipinski definition) is 0. The molecular weight excluding hydrogens is 282 g/mol. The van der Waals surface area contributed by atoms with E-state index in [4.69, 9.17) is 4.74 Å². The Morgan fingerprint density at radius 3 is 2.57 bits per heavy atom. The fraction of sp³-hybridized carbons (Fsp3) is 0.353. The lowest BCUT2D eigenvalue weighted by Crippen LogP contribution is -2.28. The van der Waals surface area contributed by atoms with Crippen molar-refractivity contribution in [3.8, 4) is 5.75 Å². The number of rotatable bonds is 7. The number of carbonyl (C=O) groups excluding carboxylic acids is 1. The molecule has 4 heteroatoms. The van der Waals surface area contributed by atoms with Gasteiger partial charge in [0, 0.05) is 24.9 Å². The average Bonchev–Trinajstić information content (AvgIpc) is 3.04. The van der Waals surface area contributed by atoms with Gasteiger partial charge >= 0.3 is 0 Å². The van der Waals surface area contributed by atoms with Crippen LogP contribution in [0.4, 0.5) is 0 Å². The fourth-order valence-corrected chi connectivity index (χ4v) is 2.80. The normalized spacial score (nSPS) is 10.4. The number of ether oxygens (including phenoxy) is 1. The molecule has 1 heterocycles. The van der Waals surface area contributed by atoms with Gasteiger partial charge in [0.15, 0.2) is 0 Å². The summed E-state index contributed by atoms with van der Waals surface area (Å²) in [5.74, 6) is 1.07. The summed E-state index contributed by atoms with van der Waals surface area (Å²) in [6.45, 7) is 0.746.